The van der Waals surface area contributed by atoms with Gasteiger partial charge in [0.05, 0.1) is 10.7 Å². The number of benzene rings is 2. The molecule has 2 rings (SSSR count). The van der Waals surface area contributed by atoms with Crippen LogP contribution in [0.1, 0.15) is 12.5 Å². The average Bonchev–Trinajstić information content (AvgIpc) is 2.47. The van der Waals surface area contributed by atoms with Crippen LogP contribution in [0.3, 0.4) is 0 Å². The summed E-state index contributed by atoms with van der Waals surface area (Å²) in [6.45, 7) is 2.64. The molecule has 6 heteroatoms. The van der Waals surface area contributed by atoms with Crippen LogP contribution in [0.4, 0.5) is 14.9 Å². The van der Waals surface area contributed by atoms with E-state index in [2.05, 4.69) is 5.32 Å². The Morgan fingerprint density at radius 3 is 2.64 bits per heavy atom. The summed E-state index contributed by atoms with van der Waals surface area (Å²) in [7, 11) is 0. The van der Waals surface area contributed by atoms with Crippen LogP contribution in [0.15, 0.2) is 42.5 Å². The number of rotatable bonds is 4. The topological polar surface area (TPSA) is 32.3 Å². The molecule has 0 fully saturated rings. The molecule has 3 nitrogen and oxygen atoms in total. The number of halogens is 3. The van der Waals surface area contributed by atoms with Crippen molar-refractivity contribution in [3.05, 3.63) is 63.9 Å². The van der Waals surface area contributed by atoms with Gasteiger partial charge < -0.3 is 10.2 Å². The Kier molecular flexibility index (Phi) is 5.63. The first-order chi connectivity index (χ1) is 10.5. The van der Waals surface area contributed by atoms with Crippen molar-refractivity contribution in [3.63, 3.8) is 0 Å². The fourth-order valence-electron chi connectivity index (χ4n) is 1.97. The normalized spacial score (nSPS) is 10.4. The highest BCUT2D eigenvalue weighted by molar-refractivity contribution is 6.36. The Labute approximate surface area is 138 Å². The number of nitrogens with zero attached hydrogens (tertiary/aromatic N) is 1. The highest BCUT2D eigenvalue weighted by Crippen LogP contribution is 2.25. The number of carbonyl (C=O) groups is 1. The van der Waals surface area contributed by atoms with E-state index in [9.17, 15) is 9.18 Å². The molecule has 0 saturated heterocycles. The summed E-state index contributed by atoms with van der Waals surface area (Å²) >= 11 is 11.9. The monoisotopic (exact) mass is 340 g/mol. The van der Waals surface area contributed by atoms with Crippen molar-refractivity contribution in [3.8, 4) is 0 Å². The summed E-state index contributed by atoms with van der Waals surface area (Å²) < 4.78 is 13.2. The Morgan fingerprint density at radius 1 is 1.23 bits per heavy atom. The standard InChI is InChI=1S/C16H15Cl2FN2O/c1-2-21(10-11-4-3-5-13(19)8-11)16(22)20-15-7-6-12(17)9-14(15)18/h3-9H,2,10H2,1H3,(H,20,22). The second kappa shape index (κ2) is 7.47. The van der Waals surface area contributed by atoms with Gasteiger partial charge in [0.1, 0.15) is 5.82 Å². The lowest BCUT2D eigenvalue weighted by molar-refractivity contribution is 0.212. The molecule has 0 aliphatic rings. The van der Waals surface area contributed by atoms with Crippen LogP contribution in [0, 0.1) is 5.82 Å². The van der Waals surface area contributed by atoms with Gasteiger partial charge in [-0.2, -0.15) is 0 Å². The number of urea groups is 1. The molecule has 0 aromatic heterocycles. The molecular weight excluding hydrogens is 326 g/mol. The third-order valence-electron chi connectivity index (χ3n) is 3.10. The molecule has 0 spiro atoms. The molecule has 116 valence electrons. The minimum Gasteiger partial charge on any atom is -0.320 e. The van der Waals surface area contributed by atoms with E-state index in [-0.39, 0.29) is 11.8 Å². The van der Waals surface area contributed by atoms with Gasteiger partial charge in [0.2, 0.25) is 0 Å². The zero-order valence-electron chi connectivity index (χ0n) is 11.9. The minimum absolute atomic E-state index is 0.309. The van der Waals surface area contributed by atoms with Crippen molar-refractivity contribution in [2.24, 2.45) is 0 Å². The third-order valence-corrected chi connectivity index (χ3v) is 3.65. The van der Waals surface area contributed by atoms with Gasteiger partial charge in [0, 0.05) is 18.1 Å². The molecule has 0 heterocycles. The van der Waals surface area contributed by atoms with Gasteiger partial charge in [-0.05, 0) is 42.8 Å². The van der Waals surface area contributed by atoms with Gasteiger partial charge in [-0.15, -0.1) is 0 Å². The molecule has 0 bridgehead atoms. The molecule has 2 aromatic carbocycles. The summed E-state index contributed by atoms with van der Waals surface area (Å²) in [6, 6.07) is 10.7. The smallest absolute Gasteiger partial charge is 0.320 e. The molecule has 22 heavy (non-hydrogen) atoms. The van der Waals surface area contributed by atoms with Crippen molar-refractivity contribution >= 4 is 34.9 Å². The second-order valence-electron chi connectivity index (χ2n) is 4.70. The molecule has 0 radical (unpaired) electrons. The van der Waals surface area contributed by atoms with E-state index in [1.165, 1.54) is 12.1 Å². The number of nitrogens with one attached hydrogen (secondary N) is 1. The zero-order valence-corrected chi connectivity index (χ0v) is 13.5. The van der Waals surface area contributed by atoms with Gasteiger partial charge in [0.25, 0.3) is 0 Å². The van der Waals surface area contributed by atoms with Crippen molar-refractivity contribution < 1.29 is 9.18 Å². The first-order valence-corrected chi connectivity index (χ1v) is 7.50. The number of anilines is 1. The van der Waals surface area contributed by atoms with Crippen molar-refractivity contribution in [2.45, 2.75) is 13.5 Å². The van der Waals surface area contributed by atoms with Crippen LogP contribution in [-0.2, 0) is 6.54 Å². The lowest BCUT2D eigenvalue weighted by Gasteiger charge is -2.22. The Morgan fingerprint density at radius 2 is 2.00 bits per heavy atom. The third kappa shape index (κ3) is 4.36. The van der Waals surface area contributed by atoms with E-state index in [1.54, 1.807) is 35.2 Å². The summed E-state index contributed by atoms with van der Waals surface area (Å²) in [6.07, 6.45) is 0. The maximum Gasteiger partial charge on any atom is 0.322 e. The van der Waals surface area contributed by atoms with Crippen LogP contribution in [0.2, 0.25) is 10.0 Å². The summed E-state index contributed by atoms with van der Waals surface area (Å²) in [5.74, 6) is -0.324. The molecule has 0 unspecified atom stereocenters. The second-order valence-corrected chi connectivity index (χ2v) is 5.54. The SMILES string of the molecule is CCN(Cc1cccc(F)c1)C(=O)Nc1ccc(Cl)cc1Cl. The van der Waals surface area contributed by atoms with Gasteiger partial charge in [-0.3, -0.25) is 0 Å². The van der Waals surface area contributed by atoms with E-state index in [4.69, 9.17) is 23.2 Å². The maximum absolute atomic E-state index is 13.2. The molecule has 0 saturated carbocycles. The zero-order chi connectivity index (χ0) is 16.1. The number of hydrogen-bond donors (Lipinski definition) is 1. The molecule has 1 N–H and O–H groups in total. The molecule has 2 aromatic rings. The first-order valence-electron chi connectivity index (χ1n) is 6.75. The highest BCUT2D eigenvalue weighted by Gasteiger charge is 2.14. The Balaban J connectivity index is 2.08. The molecule has 0 atom stereocenters. The summed E-state index contributed by atoms with van der Waals surface area (Å²) in [4.78, 5) is 13.9. The molecular formula is C16H15Cl2FN2O. The Hall–Kier alpha value is -1.78. The quantitative estimate of drug-likeness (QED) is 0.816. The largest absolute Gasteiger partial charge is 0.322 e. The lowest BCUT2D eigenvalue weighted by Crippen LogP contribution is -2.34. The lowest BCUT2D eigenvalue weighted by atomic mass is 10.2. The molecule has 0 aliphatic carbocycles. The van der Waals surface area contributed by atoms with E-state index in [0.717, 1.165) is 5.56 Å². The van der Waals surface area contributed by atoms with Crippen LogP contribution in [0.25, 0.3) is 0 Å². The fraction of sp³-hybridized carbons (Fsp3) is 0.188. The summed E-state index contributed by atoms with van der Waals surface area (Å²) in [5.41, 5.74) is 1.20. The van der Waals surface area contributed by atoms with Gasteiger partial charge in [-0.1, -0.05) is 35.3 Å². The highest BCUT2D eigenvalue weighted by atomic mass is 35.5. The van der Waals surface area contributed by atoms with Crippen molar-refractivity contribution in [2.75, 3.05) is 11.9 Å². The maximum atomic E-state index is 13.2. The van der Waals surface area contributed by atoms with Gasteiger partial charge in [0.15, 0.2) is 0 Å². The van der Waals surface area contributed by atoms with E-state index in [0.29, 0.717) is 28.8 Å². The molecule has 0 aliphatic heterocycles. The predicted molar refractivity (Wildman–Crippen MR) is 88.0 cm³/mol. The van der Waals surface area contributed by atoms with Crippen LogP contribution in [-0.4, -0.2) is 17.5 Å². The van der Waals surface area contributed by atoms with Crippen molar-refractivity contribution in [1.29, 1.82) is 0 Å². The number of carbonyl (C=O) groups excluding carboxylic acids is 1. The fourth-order valence-corrected chi connectivity index (χ4v) is 2.42. The van der Waals surface area contributed by atoms with E-state index in [1.807, 2.05) is 6.92 Å². The predicted octanol–water partition coefficient (Wildman–Crippen LogP) is 5.19. The van der Waals surface area contributed by atoms with Crippen LogP contribution in [0.5, 0.6) is 0 Å². The number of hydrogen-bond acceptors (Lipinski definition) is 1. The summed E-state index contributed by atoms with van der Waals surface area (Å²) in [5, 5.41) is 3.58. The van der Waals surface area contributed by atoms with E-state index >= 15 is 0 Å². The minimum atomic E-state index is -0.324. The van der Waals surface area contributed by atoms with E-state index < -0.39 is 0 Å². The van der Waals surface area contributed by atoms with Gasteiger partial charge in [-0.25, -0.2) is 9.18 Å². The van der Waals surface area contributed by atoms with Crippen molar-refractivity contribution in [1.82, 2.24) is 4.90 Å². The first kappa shape index (κ1) is 16.6. The van der Waals surface area contributed by atoms with Crippen LogP contribution < -0.4 is 5.32 Å². The van der Waals surface area contributed by atoms with Gasteiger partial charge >= 0.3 is 6.03 Å². The molecule has 2 amide bonds. The Bertz CT molecular complexity index is 679. The van der Waals surface area contributed by atoms with Crippen LogP contribution >= 0.6 is 23.2 Å². The number of amides is 2. The average molecular weight is 341 g/mol.